The van der Waals surface area contributed by atoms with Gasteiger partial charge in [0.1, 0.15) is 0 Å². The first-order valence-corrected chi connectivity index (χ1v) is 6.24. The van der Waals surface area contributed by atoms with Gasteiger partial charge >= 0.3 is 5.97 Å². The number of carboxylic acid groups (broad SMARTS) is 1. The van der Waals surface area contributed by atoms with Gasteiger partial charge in [0.2, 0.25) is 5.91 Å². The van der Waals surface area contributed by atoms with E-state index in [-0.39, 0.29) is 18.9 Å². The molecule has 0 saturated heterocycles. The van der Waals surface area contributed by atoms with Gasteiger partial charge in [-0.3, -0.25) is 9.59 Å². The summed E-state index contributed by atoms with van der Waals surface area (Å²) in [6, 6.07) is 0. The molecule has 1 unspecified atom stereocenters. The van der Waals surface area contributed by atoms with Crippen molar-refractivity contribution in [2.45, 2.75) is 26.2 Å². The van der Waals surface area contributed by atoms with Crippen molar-refractivity contribution in [3.8, 4) is 0 Å². The fraction of sp³-hybridized carbons (Fsp3) is 0.833. The highest BCUT2D eigenvalue weighted by atomic mass is 16.5. The lowest BCUT2D eigenvalue weighted by Gasteiger charge is -2.10. The molecule has 0 aliphatic carbocycles. The van der Waals surface area contributed by atoms with Crippen LogP contribution in [0.1, 0.15) is 26.2 Å². The van der Waals surface area contributed by atoms with Crippen molar-refractivity contribution >= 4 is 11.9 Å². The van der Waals surface area contributed by atoms with Gasteiger partial charge < -0.3 is 20.5 Å². The molecule has 0 radical (unpaired) electrons. The molecule has 0 fully saturated rings. The van der Waals surface area contributed by atoms with Crippen LogP contribution in [0.3, 0.4) is 0 Å². The Morgan fingerprint density at radius 2 is 2.00 bits per heavy atom. The van der Waals surface area contributed by atoms with Gasteiger partial charge in [-0.15, -0.1) is 0 Å². The number of hydrogen-bond donors (Lipinski definition) is 3. The molecule has 1 amide bonds. The maximum atomic E-state index is 11.3. The summed E-state index contributed by atoms with van der Waals surface area (Å²) in [5, 5.41) is 14.3. The summed E-state index contributed by atoms with van der Waals surface area (Å²) < 4.78 is 4.81. The number of carbonyl (C=O) groups excluding carboxylic acids is 1. The first kappa shape index (κ1) is 16.9. The molecular weight excluding hydrogens is 236 g/mol. The van der Waals surface area contributed by atoms with Crippen LogP contribution in [0.4, 0.5) is 0 Å². The maximum Gasteiger partial charge on any atom is 0.303 e. The molecule has 1 atom stereocenters. The van der Waals surface area contributed by atoms with E-state index in [0.717, 1.165) is 13.0 Å². The molecule has 0 rings (SSSR count). The normalized spacial score (nSPS) is 12.1. The van der Waals surface area contributed by atoms with Crippen molar-refractivity contribution in [1.29, 1.82) is 0 Å². The highest BCUT2D eigenvalue weighted by molar-refractivity contribution is 5.77. The third-order valence-corrected chi connectivity index (χ3v) is 2.58. The molecule has 0 saturated carbocycles. The third-order valence-electron chi connectivity index (χ3n) is 2.58. The predicted molar refractivity (Wildman–Crippen MR) is 68.4 cm³/mol. The van der Waals surface area contributed by atoms with E-state index in [4.69, 9.17) is 9.84 Å². The Hall–Kier alpha value is -1.14. The Labute approximate surface area is 108 Å². The minimum Gasteiger partial charge on any atom is -0.481 e. The summed E-state index contributed by atoms with van der Waals surface area (Å²) >= 11 is 0. The maximum absolute atomic E-state index is 11.3. The Morgan fingerprint density at radius 3 is 2.61 bits per heavy atom. The number of aliphatic carboxylic acids is 1. The summed E-state index contributed by atoms with van der Waals surface area (Å²) in [5.74, 6) is -0.456. The molecular formula is C12H24N2O4. The smallest absolute Gasteiger partial charge is 0.303 e. The van der Waals surface area contributed by atoms with Crippen molar-refractivity contribution in [3.05, 3.63) is 0 Å². The van der Waals surface area contributed by atoms with E-state index in [1.807, 2.05) is 6.92 Å². The first-order valence-electron chi connectivity index (χ1n) is 6.24. The molecule has 0 aliphatic heterocycles. The monoisotopic (exact) mass is 260 g/mol. The van der Waals surface area contributed by atoms with Crippen LogP contribution >= 0.6 is 0 Å². The summed E-state index contributed by atoms with van der Waals surface area (Å²) in [7, 11) is 1.59. The molecule has 0 aromatic carbocycles. The summed E-state index contributed by atoms with van der Waals surface area (Å²) in [6.45, 7) is 4.06. The molecule has 0 spiro atoms. The summed E-state index contributed by atoms with van der Waals surface area (Å²) in [4.78, 5) is 21.6. The van der Waals surface area contributed by atoms with Crippen LogP contribution in [0.25, 0.3) is 0 Å². The van der Waals surface area contributed by atoms with Crippen LogP contribution in [0, 0.1) is 5.92 Å². The molecule has 6 nitrogen and oxygen atoms in total. The molecule has 0 heterocycles. The third kappa shape index (κ3) is 11.3. The largest absolute Gasteiger partial charge is 0.481 e. The number of rotatable bonds is 11. The van der Waals surface area contributed by atoms with Crippen LogP contribution in [0.15, 0.2) is 0 Å². The number of nitrogens with one attached hydrogen (secondary N) is 2. The second kappa shape index (κ2) is 11.0. The fourth-order valence-electron chi connectivity index (χ4n) is 1.42. The molecule has 6 heteroatoms. The van der Waals surface area contributed by atoms with Crippen LogP contribution in [-0.4, -0.2) is 50.3 Å². The quantitative estimate of drug-likeness (QED) is 0.463. The van der Waals surface area contributed by atoms with Gasteiger partial charge in [0.05, 0.1) is 13.2 Å². The first-order chi connectivity index (χ1) is 8.56. The van der Waals surface area contributed by atoms with E-state index < -0.39 is 5.97 Å². The lowest BCUT2D eigenvalue weighted by atomic mass is 10.0. The van der Waals surface area contributed by atoms with Crippen molar-refractivity contribution in [3.63, 3.8) is 0 Å². The molecule has 3 N–H and O–H groups in total. The zero-order chi connectivity index (χ0) is 13.8. The van der Waals surface area contributed by atoms with E-state index in [9.17, 15) is 9.59 Å². The van der Waals surface area contributed by atoms with Gasteiger partial charge in [-0.05, 0) is 25.3 Å². The second-order valence-corrected chi connectivity index (χ2v) is 4.35. The standard InChI is InChI=1S/C12H24N2O4/c1-10(3-4-12(16)17)5-6-13-9-11(15)14-7-8-18-2/h10,13H,3-9H2,1-2H3,(H,14,15)(H,16,17). The zero-order valence-corrected chi connectivity index (χ0v) is 11.2. The van der Waals surface area contributed by atoms with Gasteiger partial charge in [0.15, 0.2) is 0 Å². The number of amides is 1. The van der Waals surface area contributed by atoms with E-state index in [1.54, 1.807) is 7.11 Å². The van der Waals surface area contributed by atoms with E-state index in [0.29, 0.717) is 25.5 Å². The fourth-order valence-corrected chi connectivity index (χ4v) is 1.42. The number of carboxylic acids is 1. The number of ether oxygens (including phenoxy) is 1. The van der Waals surface area contributed by atoms with Crippen LogP contribution in [-0.2, 0) is 14.3 Å². The van der Waals surface area contributed by atoms with Gasteiger partial charge in [-0.1, -0.05) is 6.92 Å². The lowest BCUT2D eigenvalue weighted by Crippen LogP contribution is -2.36. The number of hydrogen-bond acceptors (Lipinski definition) is 4. The minimum atomic E-state index is -0.757. The average molecular weight is 260 g/mol. The Morgan fingerprint density at radius 1 is 1.28 bits per heavy atom. The summed E-state index contributed by atoms with van der Waals surface area (Å²) in [6.07, 6.45) is 1.76. The van der Waals surface area contributed by atoms with Gasteiger partial charge in [0.25, 0.3) is 0 Å². The molecule has 0 bridgehead atoms. The number of methoxy groups -OCH3 is 1. The molecule has 0 aromatic heterocycles. The minimum absolute atomic E-state index is 0.0507. The lowest BCUT2D eigenvalue weighted by molar-refractivity contribution is -0.137. The van der Waals surface area contributed by atoms with Gasteiger partial charge in [-0.2, -0.15) is 0 Å². The topological polar surface area (TPSA) is 87.7 Å². The highest BCUT2D eigenvalue weighted by Gasteiger charge is 2.05. The highest BCUT2D eigenvalue weighted by Crippen LogP contribution is 2.08. The SMILES string of the molecule is COCCNC(=O)CNCCC(C)CCC(=O)O. The van der Waals surface area contributed by atoms with Gasteiger partial charge in [0, 0.05) is 20.1 Å². The molecule has 0 aromatic rings. The van der Waals surface area contributed by atoms with Crippen molar-refractivity contribution < 1.29 is 19.4 Å². The Balaban J connectivity index is 3.37. The van der Waals surface area contributed by atoms with E-state index in [2.05, 4.69) is 10.6 Å². The Bertz CT molecular complexity index is 246. The summed E-state index contributed by atoms with van der Waals surface area (Å²) in [5.41, 5.74) is 0. The van der Waals surface area contributed by atoms with Crippen molar-refractivity contribution in [2.24, 2.45) is 5.92 Å². The average Bonchev–Trinajstić information content (AvgIpc) is 2.32. The molecule has 18 heavy (non-hydrogen) atoms. The van der Waals surface area contributed by atoms with Gasteiger partial charge in [-0.25, -0.2) is 0 Å². The van der Waals surface area contributed by atoms with E-state index >= 15 is 0 Å². The predicted octanol–water partition coefficient (Wildman–Crippen LogP) is 0.230. The molecule has 0 aliphatic rings. The second-order valence-electron chi connectivity index (χ2n) is 4.35. The molecule has 106 valence electrons. The number of carbonyl (C=O) groups is 2. The Kier molecular flexibility index (Phi) is 10.3. The van der Waals surface area contributed by atoms with Crippen LogP contribution < -0.4 is 10.6 Å². The van der Waals surface area contributed by atoms with Crippen molar-refractivity contribution in [2.75, 3.05) is 33.4 Å². The van der Waals surface area contributed by atoms with Crippen LogP contribution in [0.2, 0.25) is 0 Å². The van der Waals surface area contributed by atoms with E-state index in [1.165, 1.54) is 0 Å². The van der Waals surface area contributed by atoms with Crippen LogP contribution in [0.5, 0.6) is 0 Å². The zero-order valence-electron chi connectivity index (χ0n) is 11.2. The van der Waals surface area contributed by atoms with Crippen molar-refractivity contribution in [1.82, 2.24) is 10.6 Å².